The number of carboxylic acid groups (broad SMARTS) is 1. The van der Waals surface area contributed by atoms with Crippen LogP contribution in [0.2, 0.25) is 0 Å². The Balaban J connectivity index is 1.78. The van der Waals surface area contributed by atoms with Crippen LogP contribution < -0.4 is 15.2 Å². The van der Waals surface area contributed by atoms with Crippen molar-refractivity contribution in [1.82, 2.24) is 0 Å². The summed E-state index contributed by atoms with van der Waals surface area (Å²) in [7, 11) is 0. The second-order valence-corrected chi connectivity index (χ2v) is 7.20. The molecule has 0 amide bonds. The summed E-state index contributed by atoms with van der Waals surface area (Å²) in [5, 5.41) is 9.06. The lowest BCUT2D eigenvalue weighted by atomic mass is 10.1. The van der Waals surface area contributed by atoms with E-state index in [2.05, 4.69) is 0 Å². The van der Waals surface area contributed by atoms with Gasteiger partial charge in [-0.25, -0.2) is 0 Å². The van der Waals surface area contributed by atoms with Crippen molar-refractivity contribution in [3.8, 4) is 11.5 Å². The first-order valence-electron chi connectivity index (χ1n) is 10.0. The first-order valence-corrected chi connectivity index (χ1v) is 10.0. The molecule has 0 fully saturated rings. The molecular formula is C25H23NO6. The lowest BCUT2D eigenvalue weighted by molar-refractivity contribution is -0.138. The Morgan fingerprint density at radius 3 is 1.72 bits per heavy atom. The van der Waals surface area contributed by atoms with Crippen molar-refractivity contribution in [3.05, 3.63) is 95.6 Å². The summed E-state index contributed by atoms with van der Waals surface area (Å²) >= 11 is 0. The summed E-state index contributed by atoms with van der Waals surface area (Å²) in [6.07, 6.45) is 0.0950. The molecule has 0 aromatic heterocycles. The van der Waals surface area contributed by atoms with Gasteiger partial charge in [-0.1, -0.05) is 66.7 Å². The highest BCUT2D eigenvalue weighted by Crippen LogP contribution is 2.30. The van der Waals surface area contributed by atoms with Crippen LogP contribution in [0.25, 0.3) is 0 Å². The van der Waals surface area contributed by atoms with Crippen molar-refractivity contribution >= 4 is 17.9 Å². The standard InChI is InChI=1S/C25H23NO6/c26-20(25(29)30)13-19-11-12-21(31-23(27)15-17-7-3-1-4-8-17)22(14-19)32-24(28)16-18-9-5-2-6-10-18/h1-12,14,20H,13,15-16,26H2,(H,29,30)/t20-/m0/s1. The van der Waals surface area contributed by atoms with Crippen LogP contribution in [0.1, 0.15) is 16.7 Å². The van der Waals surface area contributed by atoms with Crippen molar-refractivity contribution in [2.75, 3.05) is 0 Å². The molecule has 0 bridgehead atoms. The average molecular weight is 433 g/mol. The summed E-state index contributed by atoms with van der Waals surface area (Å²) in [5.74, 6) is -2.11. The second-order valence-electron chi connectivity index (χ2n) is 7.20. The molecule has 0 saturated carbocycles. The van der Waals surface area contributed by atoms with Crippen LogP contribution in [-0.4, -0.2) is 29.1 Å². The number of carbonyl (C=O) groups excluding carboxylic acids is 2. The largest absolute Gasteiger partial charge is 0.480 e. The van der Waals surface area contributed by atoms with E-state index in [9.17, 15) is 14.4 Å². The Hall–Kier alpha value is -3.97. The zero-order chi connectivity index (χ0) is 22.9. The van der Waals surface area contributed by atoms with Gasteiger partial charge in [0, 0.05) is 0 Å². The second kappa shape index (κ2) is 10.9. The Morgan fingerprint density at radius 1 is 0.719 bits per heavy atom. The number of hydrogen-bond acceptors (Lipinski definition) is 6. The Bertz CT molecular complexity index is 1080. The Labute approximate surface area is 185 Å². The molecule has 1 atom stereocenters. The zero-order valence-corrected chi connectivity index (χ0v) is 17.3. The van der Waals surface area contributed by atoms with E-state index in [0.717, 1.165) is 11.1 Å². The van der Waals surface area contributed by atoms with Gasteiger partial charge in [-0.3, -0.25) is 14.4 Å². The summed E-state index contributed by atoms with van der Waals surface area (Å²) < 4.78 is 10.9. The van der Waals surface area contributed by atoms with Gasteiger partial charge in [-0.15, -0.1) is 0 Å². The monoisotopic (exact) mass is 433 g/mol. The molecule has 0 aliphatic rings. The lowest BCUT2D eigenvalue weighted by Crippen LogP contribution is -2.32. The molecule has 0 spiro atoms. The first kappa shape index (κ1) is 22.7. The van der Waals surface area contributed by atoms with Gasteiger partial charge in [-0.2, -0.15) is 0 Å². The van der Waals surface area contributed by atoms with Gasteiger partial charge in [0.1, 0.15) is 6.04 Å². The van der Waals surface area contributed by atoms with E-state index in [1.165, 1.54) is 12.1 Å². The Kier molecular flexibility index (Phi) is 7.72. The average Bonchev–Trinajstić information content (AvgIpc) is 2.76. The number of ether oxygens (including phenoxy) is 2. The fraction of sp³-hybridized carbons (Fsp3) is 0.160. The quantitative estimate of drug-likeness (QED) is 0.394. The van der Waals surface area contributed by atoms with Crippen LogP contribution in [0.15, 0.2) is 78.9 Å². The lowest BCUT2D eigenvalue weighted by Gasteiger charge is -2.13. The maximum atomic E-state index is 12.5. The van der Waals surface area contributed by atoms with Crippen molar-refractivity contribution in [3.63, 3.8) is 0 Å². The highest BCUT2D eigenvalue weighted by Gasteiger charge is 2.18. The predicted molar refractivity (Wildman–Crippen MR) is 117 cm³/mol. The van der Waals surface area contributed by atoms with Crippen molar-refractivity contribution in [2.45, 2.75) is 25.3 Å². The van der Waals surface area contributed by atoms with Crippen LogP contribution >= 0.6 is 0 Å². The van der Waals surface area contributed by atoms with Gasteiger partial charge in [0.15, 0.2) is 11.5 Å². The number of aliphatic carboxylic acids is 1. The third kappa shape index (κ3) is 6.78. The number of esters is 2. The SMILES string of the molecule is N[C@@H](Cc1ccc(OC(=O)Cc2ccccc2)c(OC(=O)Cc2ccccc2)c1)C(=O)O. The molecule has 0 saturated heterocycles. The highest BCUT2D eigenvalue weighted by atomic mass is 16.6. The topological polar surface area (TPSA) is 116 Å². The van der Waals surface area contributed by atoms with E-state index in [-0.39, 0.29) is 30.8 Å². The molecule has 0 aliphatic heterocycles. The summed E-state index contributed by atoms with van der Waals surface area (Å²) in [6, 6.07) is 21.6. The van der Waals surface area contributed by atoms with Crippen molar-refractivity contribution in [2.24, 2.45) is 5.73 Å². The van der Waals surface area contributed by atoms with Crippen LogP contribution in [0.3, 0.4) is 0 Å². The number of nitrogens with two attached hydrogens (primary N) is 1. The molecule has 0 aliphatic carbocycles. The maximum absolute atomic E-state index is 12.5. The van der Waals surface area contributed by atoms with E-state index in [4.69, 9.17) is 20.3 Å². The minimum Gasteiger partial charge on any atom is -0.480 e. The molecule has 3 N–H and O–H groups in total. The van der Waals surface area contributed by atoms with Crippen LogP contribution in [0.4, 0.5) is 0 Å². The van der Waals surface area contributed by atoms with Gasteiger partial charge < -0.3 is 20.3 Å². The van der Waals surface area contributed by atoms with E-state index >= 15 is 0 Å². The molecule has 7 heteroatoms. The van der Waals surface area contributed by atoms with Gasteiger partial charge in [-0.05, 0) is 35.2 Å². The Morgan fingerprint density at radius 2 is 1.22 bits per heavy atom. The van der Waals surface area contributed by atoms with Crippen molar-refractivity contribution in [1.29, 1.82) is 0 Å². The minimum atomic E-state index is -1.15. The van der Waals surface area contributed by atoms with Gasteiger partial charge in [0.2, 0.25) is 0 Å². The maximum Gasteiger partial charge on any atom is 0.320 e. The normalized spacial score (nSPS) is 11.4. The van der Waals surface area contributed by atoms with Crippen LogP contribution in [0.5, 0.6) is 11.5 Å². The van der Waals surface area contributed by atoms with Gasteiger partial charge in [0.05, 0.1) is 12.8 Å². The third-order valence-electron chi connectivity index (χ3n) is 4.61. The number of carboxylic acids is 1. The van der Waals surface area contributed by atoms with Gasteiger partial charge in [0.25, 0.3) is 0 Å². The minimum absolute atomic E-state index is 0.0246. The van der Waals surface area contributed by atoms with Crippen LogP contribution in [-0.2, 0) is 33.6 Å². The molecule has 0 heterocycles. The van der Waals surface area contributed by atoms with E-state index in [1.807, 2.05) is 36.4 Å². The summed E-state index contributed by atoms with van der Waals surface area (Å²) in [5.41, 5.74) is 7.70. The number of benzene rings is 3. The molecule has 3 aromatic carbocycles. The molecule has 0 unspecified atom stereocenters. The molecule has 3 aromatic rings. The fourth-order valence-corrected chi connectivity index (χ4v) is 3.03. The molecule has 0 radical (unpaired) electrons. The van der Waals surface area contributed by atoms with E-state index < -0.39 is 23.9 Å². The van der Waals surface area contributed by atoms with E-state index in [1.54, 1.807) is 30.3 Å². The number of hydrogen-bond donors (Lipinski definition) is 2. The summed E-state index contributed by atoms with van der Waals surface area (Å²) in [6.45, 7) is 0. The molecule has 7 nitrogen and oxygen atoms in total. The fourth-order valence-electron chi connectivity index (χ4n) is 3.03. The highest BCUT2D eigenvalue weighted by molar-refractivity contribution is 5.79. The molecule has 3 rings (SSSR count). The van der Waals surface area contributed by atoms with Crippen molar-refractivity contribution < 1.29 is 29.0 Å². The van der Waals surface area contributed by atoms with E-state index in [0.29, 0.717) is 5.56 Å². The molecule has 32 heavy (non-hydrogen) atoms. The smallest absolute Gasteiger partial charge is 0.320 e. The summed E-state index contributed by atoms with van der Waals surface area (Å²) in [4.78, 5) is 35.9. The number of rotatable bonds is 9. The third-order valence-corrected chi connectivity index (χ3v) is 4.61. The van der Waals surface area contributed by atoms with Gasteiger partial charge >= 0.3 is 17.9 Å². The van der Waals surface area contributed by atoms with Crippen LogP contribution in [0, 0.1) is 0 Å². The predicted octanol–water partition coefficient (Wildman–Crippen LogP) is 2.94. The molecular weight excluding hydrogens is 410 g/mol. The zero-order valence-electron chi connectivity index (χ0n) is 17.3. The molecule has 164 valence electrons. The first-order chi connectivity index (χ1) is 15.4. The number of carbonyl (C=O) groups is 3.